The number of piperidine rings is 1. The number of ether oxygens (including phenoxy) is 1. The van der Waals surface area contributed by atoms with Crippen LogP contribution in [-0.4, -0.2) is 74.4 Å². The Kier molecular flexibility index (Phi) is 11.4. The van der Waals surface area contributed by atoms with Gasteiger partial charge in [0.05, 0.1) is 4.90 Å². The maximum atomic E-state index is 13.3. The normalized spacial score (nSPS) is 15.7. The SMILES string of the molecule is CN(CC(CCN1CCC(N(CC(C)(C)C)C(=O)OCc2ccccc2)CC1)c1ccccc1)S(=O)(=O)c1ccccc1. The molecule has 8 heteroatoms. The number of hydrogen-bond acceptors (Lipinski definition) is 5. The number of amides is 1. The van der Waals surface area contributed by atoms with Gasteiger partial charge in [0.2, 0.25) is 10.0 Å². The molecule has 1 unspecified atom stereocenters. The maximum Gasteiger partial charge on any atom is 0.410 e. The molecule has 1 aliphatic rings. The summed E-state index contributed by atoms with van der Waals surface area (Å²) in [6.45, 7) is 10.4. The van der Waals surface area contributed by atoms with Crippen molar-refractivity contribution in [2.75, 3.05) is 39.8 Å². The third kappa shape index (κ3) is 9.65. The summed E-state index contributed by atoms with van der Waals surface area (Å²) in [5.74, 6) is 0.0627. The first kappa shape index (κ1) is 32.7. The molecule has 3 aromatic rings. The Hall–Kier alpha value is -3.20. The molecule has 232 valence electrons. The maximum absolute atomic E-state index is 13.3. The van der Waals surface area contributed by atoms with Gasteiger partial charge in [-0.05, 0) is 60.4 Å². The van der Waals surface area contributed by atoms with Gasteiger partial charge in [-0.25, -0.2) is 17.5 Å². The average molecular weight is 606 g/mol. The van der Waals surface area contributed by atoms with Crippen LogP contribution in [0.15, 0.2) is 95.9 Å². The molecule has 0 saturated carbocycles. The lowest BCUT2D eigenvalue weighted by Gasteiger charge is -2.40. The lowest BCUT2D eigenvalue weighted by Crippen LogP contribution is -2.50. The Morgan fingerprint density at radius 1 is 0.907 bits per heavy atom. The first-order valence-corrected chi connectivity index (χ1v) is 16.7. The summed E-state index contributed by atoms with van der Waals surface area (Å²) < 4.78 is 33.8. The molecule has 0 aliphatic carbocycles. The van der Waals surface area contributed by atoms with Crippen molar-refractivity contribution in [3.05, 3.63) is 102 Å². The van der Waals surface area contributed by atoms with E-state index in [9.17, 15) is 13.2 Å². The van der Waals surface area contributed by atoms with Gasteiger partial charge in [0.1, 0.15) is 6.61 Å². The summed E-state index contributed by atoms with van der Waals surface area (Å²) in [6.07, 6.45) is 2.36. The third-order valence-electron chi connectivity index (χ3n) is 8.08. The molecule has 1 amide bonds. The number of carbonyl (C=O) groups excluding carboxylic acids is 1. The molecule has 43 heavy (non-hydrogen) atoms. The standard InChI is InChI=1S/C35H47N3O4S/c1-35(2,3)28-38(34(39)42-27-29-14-8-5-9-15-29)32-21-24-37(25-22-32)23-20-31(30-16-10-6-11-17-30)26-36(4)43(40,41)33-18-12-7-13-19-33/h5-19,31-32H,20-28H2,1-4H3. The average Bonchev–Trinajstić information content (AvgIpc) is 3.02. The summed E-state index contributed by atoms with van der Waals surface area (Å²) in [6, 6.07) is 28.8. The number of nitrogens with zero attached hydrogens (tertiary/aromatic N) is 3. The lowest BCUT2D eigenvalue weighted by molar-refractivity contribution is 0.0454. The fourth-order valence-corrected chi connectivity index (χ4v) is 6.96. The Bertz CT molecular complexity index is 1370. The fraction of sp³-hybridized carbons (Fsp3) is 0.457. The molecule has 0 bridgehead atoms. The van der Waals surface area contributed by atoms with Crippen LogP contribution in [0.3, 0.4) is 0 Å². The number of sulfonamides is 1. The highest BCUT2D eigenvalue weighted by atomic mass is 32.2. The Morgan fingerprint density at radius 3 is 2.05 bits per heavy atom. The van der Waals surface area contributed by atoms with Gasteiger partial charge in [-0.2, -0.15) is 0 Å². The van der Waals surface area contributed by atoms with Crippen molar-refractivity contribution in [3.63, 3.8) is 0 Å². The monoisotopic (exact) mass is 605 g/mol. The summed E-state index contributed by atoms with van der Waals surface area (Å²) in [5, 5.41) is 0. The molecule has 1 saturated heterocycles. The van der Waals surface area contributed by atoms with Gasteiger partial charge in [0, 0.05) is 39.3 Å². The quantitative estimate of drug-likeness (QED) is 0.232. The minimum Gasteiger partial charge on any atom is -0.445 e. The topological polar surface area (TPSA) is 70.2 Å². The predicted molar refractivity (Wildman–Crippen MR) is 172 cm³/mol. The van der Waals surface area contributed by atoms with E-state index in [1.165, 1.54) is 4.31 Å². The fourth-order valence-electron chi connectivity index (χ4n) is 5.72. The van der Waals surface area contributed by atoms with Crippen LogP contribution >= 0.6 is 0 Å². The van der Waals surface area contributed by atoms with Gasteiger partial charge in [-0.15, -0.1) is 0 Å². The van der Waals surface area contributed by atoms with E-state index in [1.54, 1.807) is 31.3 Å². The van der Waals surface area contributed by atoms with Gasteiger partial charge < -0.3 is 14.5 Å². The van der Waals surface area contributed by atoms with E-state index < -0.39 is 10.0 Å². The molecule has 0 spiro atoms. The molecule has 7 nitrogen and oxygen atoms in total. The summed E-state index contributed by atoms with van der Waals surface area (Å²) >= 11 is 0. The van der Waals surface area contributed by atoms with Crippen LogP contribution in [0.4, 0.5) is 4.79 Å². The molecular weight excluding hydrogens is 558 g/mol. The first-order chi connectivity index (χ1) is 20.5. The van der Waals surface area contributed by atoms with Crippen LogP contribution in [0.1, 0.15) is 57.1 Å². The van der Waals surface area contributed by atoms with Crippen LogP contribution < -0.4 is 0 Å². The molecule has 0 aromatic heterocycles. The van der Waals surface area contributed by atoms with E-state index in [0.717, 1.165) is 50.0 Å². The van der Waals surface area contributed by atoms with Crippen LogP contribution in [0.25, 0.3) is 0 Å². The van der Waals surface area contributed by atoms with E-state index in [4.69, 9.17) is 4.74 Å². The third-order valence-corrected chi connectivity index (χ3v) is 9.91. The molecule has 1 heterocycles. The van der Waals surface area contributed by atoms with Crippen molar-refractivity contribution < 1.29 is 17.9 Å². The van der Waals surface area contributed by atoms with Crippen molar-refractivity contribution in [3.8, 4) is 0 Å². The van der Waals surface area contributed by atoms with Crippen molar-refractivity contribution >= 4 is 16.1 Å². The highest BCUT2D eigenvalue weighted by Gasteiger charge is 2.32. The molecule has 1 aliphatic heterocycles. The van der Waals surface area contributed by atoms with Gasteiger partial charge in [0.25, 0.3) is 0 Å². The number of hydrogen-bond donors (Lipinski definition) is 0. The second kappa shape index (κ2) is 15.0. The van der Waals surface area contributed by atoms with Crippen LogP contribution in [0.5, 0.6) is 0 Å². The molecule has 0 radical (unpaired) electrons. The Morgan fingerprint density at radius 2 is 1.47 bits per heavy atom. The number of rotatable bonds is 12. The molecule has 1 atom stereocenters. The van der Waals surface area contributed by atoms with Gasteiger partial charge >= 0.3 is 6.09 Å². The molecule has 1 fully saturated rings. The highest BCUT2D eigenvalue weighted by molar-refractivity contribution is 7.89. The van der Waals surface area contributed by atoms with E-state index >= 15 is 0 Å². The minimum atomic E-state index is -3.58. The largest absolute Gasteiger partial charge is 0.445 e. The zero-order valence-corrected chi connectivity index (χ0v) is 26.9. The first-order valence-electron chi connectivity index (χ1n) is 15.3. The van der Waals surface area contributed by atoms with Gasteiger partial charge in [0.15, 0.2) is 0 Å². The van der Waals surface area contributed by atoms with Crippen molar-refractivity contribution in [2.45, 2.75) is 63.5 Å². The second-order valence-corrected chi connectivity index (χ2v) is 14.8. The van der Waals surface area contributed by atoms with Crippen molar-refractivity contribution in [2.24, 2.45) is 5.41 Å². The Balaban J connectivity index is 1.36. The number of benzene rings is 3. The van der Waals surface area contributed by atoms with Crippen molar-refractivity contribution in [1.82, 2.24) is 14.1 Å². The van der Waals surface area contributed by atoms with Crippen LogP contribution in [0.2, 0.25) is 0 Å². The van der Waals surface area contributed by atoms with E-state index in [2.05, 4.69) is 37.8 Å². The zero-order valence-electron chi connectivity index (χ0n) is 26.1. The molecular formula is C35H47N3O4S. The summed E-state index contributed by atoms with van der Waals surface area (Å²) in [5.41, 5.74) is 2.08. The smallest absolute Gasteiger partial charge is 0.410 e. The Labute approximate surface area is 258 Å². The van der Waals surface area contributed by atoms with Crippen molar-refractivity contribution in [1.29, 1.82) is 0 Å². The molecule has 4 rings (SSSR count). The summed E-state index contributed by atoms with van der Waals surface area (Å²) in [7, 11) is -1.91. The predicted octanol–water partition coefficient (Wildman–Crippen LogP) is 6.63. The highest BCUT2D eigenvalue weighted by Crippen LogP contribution is 2.27. The zero-order chi connectivity index (χ0) is 30.9. The number of likely N-dealkylation sites (N-methyl/N-ethyl adjacent to an activating group) is 1. The van der Waals surface area contributed by atoms with E-state index in [-0.39, 0.29) is 30.1 Å². The van der Waals surface area contributed by atoms with Crippen LogP contribution in [0, 0.1) is 5.41 Å². The number of likely N-dealkylation sites (tertiary alicyclic amines) is 1. The second-order valence-electron chi connectivity index (χ2n) is 12.8. The van der Waals surface area contributed by atoms with Gasteiger partial charge in [-0.1, -0.05) is 99.6 Å². The minimum absolute atomic E-state index is 0.0437. The van der Waals surface area contributed by atoms with E-state index in [1.807, 2.05) is 59.5 Å². The van der Waals surface area contributed by atoms with Gasteiger partial charge in [-0.3, -0.25) is 0 Å². The summed E-state index contributed by atoms with van der Waals surface area (Å²) in [4.78, 5) is 18.0. The van der Waals surface area contributed by atoms with Crippen LogP contribution in [-0.2, 0) is 21.4 Å². The molecule has 0 N–H and O–H groups in total. The molecule has 3 aromatic carbocycles. The lowest BCUT2D eigenvalue weighted by atomic mass is 9.93. The van der Waals surface area contributed by atoms with E-state index in [0.29, 0.717) is 18.0 Å². The number of carbonyl (C=O) groups is 1.